The number of rotatable bonds is 6. The van der Waals surface area contributed by atoms with Gasteiger partial charge in [-0.25, -0.2) is 0 Å². The fraction of sp³-hybridized carbons (Fsp3) is 0.682. The van der Waals surface area contributed by atoms with E-state index in [-0.39, 0.29) is 18.9 Å². The molecule has 1 nitrogen and oxygen atoms in total. The number of benzene rings is 1. The van der Waals surface area contributed by atoms with Gasteiger partial charge in [-0.2, -0.15) is 5.66 Å². The van der Waals surface area contributed by atoms with Crippen LogP contribution in [-0.4, -0.2) is 11.2 Å². The van der Waals surface area contributed by atoms with E-state index in [1.807, 2.05) is 0 Å². The van der Waals surface area contributed by atoms with Gasteiger partial charge in [0.15, 0.2) is 0 Å². The first kappa shape index (κ1) is 23.0. The number of hydrogen-bond acceptors (Lipinski definition) is 1. The minimum Gasteiger partial charge on any atom is -0.456 e. The van der Waals surface area contributed by atoms with Crippen LogP contribution < -0.4 is 18.9 Å². The third-order valence-corrected chi connectivity index (χ3v) is 6.56. The fourth-order valence-electron chi connectivity index (χ4n) is 3.64. The van der Waals surface area contributed by atoms with Crippen LogP contribution in [0.5, 0.6) is 0 Å². The third-order valence-electron chi connectivity index (χ3n) is 5.22. The molecule has 0 bridgehead atoms. The van der Waals surface area contributed by atoms with Gasteiger partial charge in [0.1, 0.15) is 0 Å². The maximum absolute atomic E-state index is 13.2. The molecule has 0 atom stereocenters. The zero-order chi connectivity index (χ0) is 17.9. The number of hydrogen-bond donors (Lipinski definition) is 0. The van der Waals surface area contributed by atoms with Gasteiger partial charge >= 0.3 is 18.9 Å². The van der Waals surface area contributed by atoms with Crippen molar-refractivity contribution in [1.82, 2.24) is 0 Å². The second-order valence-corrected chi connectivity index (χ2v) is 9.66. The molecule has 0 aromatic heterocycles. The first-order valence-electron chi connectivity index (χ1n) is 9.74. The van der Waals surface area contributed by atoms with Crippen LogP contribution in [0.3, 0.4) is 0 Å². The van der Waals surface area contributed by atoms with Gasteiger partial charge in [-0.1, -0.05) is 85.8 Å². The maximum Gasteiger partial charge on any atom is 1.00 e. The Bertz CT molecular complexity index is 542. The summed E-state index contributed by atoms with van der Waals surface area (Å²) in [5, 5.41) is 0. The van der Waals surface area contributed by atoms with Gasteiger partial charge in [-0.05, 0) is 40.0 Å². The Labute approximate surface area is 169 Å². The van der Waals surface area contributed by atoms with Crippen LogP contribution in [0.1, 0.15) is 118 Å². The van der Waals surface area contributed by atoms with E-state index in [0.717, 1.165) is 14.1 Å². The van der Waals surface area contributed by atoms with E-state index in [9.17, 15) is 4.79 Å². The van der Waals surface area contributed by atoms with E-state index in [1.165, 1.54) is 48.8 Å². The molecule has 1 aromatic rings. The van der Waals surface area contributed by atoms with Gasteiger partial charge in [0.2, 0.25) is 0 Å². The average Bonchev–Trinajstić information content (AvgIpc) is 2.54. The maximum atomic E-state index is 13.2. The van der Waals surface area contributed by atoms with Crippen LogP contribution >= 0.6 is 8.58 Å². The van der Waals surface area contributed by atoms with Crippen molar-refractivity contribution in [3.05, 3.63) is 34.4 Å². The molecular weight excluding hydrogens is 318 g/mol. The third kappa shape index (κ3) is 5.96. The number of carbonyl (C=O) groups is 1. The summed E-state index contributed by atoms with van der Waals surface area (Å²) < 4.78 is 0. The largest absolute Gasteiger partial charge is 1.00 e. The van der Waals surface area contributed by atoms with Crippen LogP contribution in [0, 0.1) is 0 Å². The molecule has 0 N–H and O–H groups in total. The average molecular weight is 352 g/mol. The fourth-order valence-corrected chi connectivity index (χ4v) is 4.99. The monoisotopic (exact) mass is 352 g/mol. The van der Waals surface area contributed by atoms with E-state index in [4.69, 9.17) is 0 Å². The van der Waals surface area contributed by atoms with Crippen LogP contribution in [0.2, 0.25) is 0 Å². The Kier molecular flexibility index (Phi) is 9.46. The van der Waals surface area contributed by atoms with E-state index in [0.29, 0.717) is 28.9 Å². The van der Waals surface area contributed by atoms with Gasteiger partial charge in [-0.15, -0.1) is 0 Å². The molecule has 1 saturated carbocycles. The van der Waals surface area contributed by atoms with Gasteiger partial charge in [0.25, 0.3) is 0 Å². The normalized spacial score (nSPS) is 16.2. The summed E-state index contributed by atoms with van der Waals surface area (Å²) in [6.07, 6.45) is 6.39. The Morgan fingerprint density at radius 2 is 1.36 bits per heavy atom. The van der Waals surface area contributed by atoms with Crippen molar-refractivity contribution in [2.24, 2.45) is 0 Å². The minimum atomic E-state index is 0. The van der Waals surface area contributed by atoms with E-state index in [1.54, 1.807) is 0 Å². The SMILES string of the molecule is CC(C)c1cc(C(C)C)c(C(=O)[P-]C2CCCCC2)c(C(C)C)c1.[Li+]. The second kappa shape index (κ2) is 10.3. The molecule has 0 unspecified atom stereocenters. The van der Waals surface area contributed by atoms with Crippen LogP contribution in [0.25, 0.3) is 0 Å². The molecule has 0 spiro atoms. The van der Waals surface area contributed by atoms with Crippen molar-refractivity contribution in [1.29, 1.82) is 0 Å². The van der Waals surface area contributed by atoms with Crippen molar-refractivity contribution < 1.29 is 23.7 Å². The summed E-state index contributed by atoms with van der Waals surface area (Å²) >= 11 is 0. The molecule has 0 aliphatic heterocycles. The Balaban J connectivity index is 0.00000312. The second-order valence-electron chi connectivity index (χ2n) is 8.26. The molecule has 0 heterocycles. The summed E-state index contributed by atoms with van der Waals surface area (Å²) in [4.78, 5) is 13.2. The van der Waals surface area contributed by atoms with Crippen molar-refractivity contribution in [3.63, 3.8) is 0 Å². The van der Waals surface area contributed by atoms with Gasteiger partial charge in [0, 0.05) is 5.52 Å². The zero-order valence-electron chi connectivity index (χ0n) is 17.4. The summed E-state index contributed by atoms with van der Waals surface area (Å²) in [6.45, 7) is 13.4. The Hall–Kier alpha value is -0.0826. The molecule has 0 amide bonds. The number of carbonyl (C=O) groups excluding carboxylic acids is 1. The first-order valence-corrected chi connectivity index (χ1v) is 10.7. The molecule has 0 saturated heterocycles. The van der Waals surface area contributed by atoms with Crippen molar-refractivity contribution in [3.8, 4) is 0 Å². The Morgan fingerprint density at radius 1 is 0.880 bits per heavy atom. The smallest absolute Gasteiger partial charge is 0.456 e. The first-order chi connectivity index (χ1) is 11.3. The molecule has 1 fully saturated rings. The predicted molar refractivity (Wildman–Crippen MR) is 107 cm³/mol. The van der Waals surface area contributed by atoms with Crippen LogP contribution in [0.4, 0.5) is 0 Å². The molecule has 0 radical (unpaired) electrons. The quantitative estimate of drug-likeness (QED) is 0.545. The molecule has 1 aliphatic rings. The van der Waals surface area contributed by atoms with E-state index >= 15 is 0 Å². The summed E-state index contributed by atoms with van der Waals surface area (Å²) in [6, 6.07) is 4.59. The van der Waals surface area contributed by atoms with Crippen molar-refractivity contribution >= 4 is 14.1 Å². The van der Waals surface area contributed by atoms with E-state index in [2.05, 4.69) is 53.7 Å². The molecule has 1 aromatic carbocycles. The molecule has 2 rings (SSSR count). The summed E-state index contributed by atoms with van der Waals surface area (Å²) in [5.41, 5.74) is 5.88. The van der Waals surface area contributed by atoms with Crippen LogP contribution in [-0.2, 0) is 0 Å². The van der Waals surface area contributed by atoms with Gasteiger partial charge in [-0.3, -0.25) is 0 Å². The molecule has 25 heavy (non-hydrogen) atoms. The van der Waals surface area contributed by atoms with Crippen molar-refractivity contribution in [2.75, 3.05) is 0 Å². The minimum absolute atomic E-state index is 0. The molecule has 1 aliphatic carbocycles. The molecule has 3 heteroatoms. The summed E-state index contributed by atoms with van der Waals surface area (Å²) in [5.74, 6) is 1.28. The van der Waals surface area contributed by atoms with E-state index < -0.39 is 0 Å². The standard InChI is InChI=1S/C22H34OP.Li/c1-14(2)17-12-19(15(3)4)21(20(13-17)16(5)6)22(23)24-18-10-8-7-9-11-18;/h12-16,18H,7-11H2,1-6H3;/q-1;+1. The molecular formula is C22H34LiOP. The van der Waals surface area contributed by atoms with Crippen molar-refractivity contribution in [2.45, 2.75) is 97.1 Å². The zero-order valence-corrected chi connectivity index (χ0v) is 18.2. The molecule has 134 valence electrons. The topological polar surface area (TPSA) is 17.1 Å². The van der Waals surface area contributed by atoms with Crippen LogP contribution in [0.15, 0.2) is 12.1 Å². The summed E-state index contributed by atoms with van der Waals surface area (Å²) in [7, 11) is 1.04. The predicted octanol–water partition coefficient (Wildman–Crippen LogP) is 4.48. The van der Waals surface area contributed by atoms with Gasteiger partial charge < -0.3 is 13.4 Å². The van der Waals surface area contributed by atoms with Gasteiger partial charge in [0.05, 0.1) is 0 Å². The Morgan fingerprint density at radius 3 is 1.76 bits per heavy atom.